The first-order valence-corrected chi connectivity index (χ1v) is 5.12. The molecule has 0 aromatic heterocycles. The highest BCUT2D eigenvalue weighted by Gasteiger charge is 2.59. The Balaban J connectivity index is 1.94. The van der Waals surface area contributed by atoms with E-state index < -0.39 is 5.97 Å². The molecule has 1 aromatic carbocycles. The van der Waals surface area contributed by atoms with E-state index in [2.05, 4.69) is 0 Å². The molecular weight excluding hydrogens is 192 g/mol. The molecule has 0 saturated heterocycles. The zero-order valence-electron chi connectivity index (χ0n) is 8.43. The molecule has 3 heteroatoms. The van der Waals surface area contributed by atoms with Gasteiger partial charge >= 0.3 is 5.97 Å². The summed E-state index contributed by atoms with van der Waals surface area (Å²) >= 11 is 0. The third-order valence-corrected chi connectivity index (χ3v) is 3.62. The predicted octanol–water partition coefficient (Wildman–Crippen LogP) is 1.67. The Bertz CT molecular complexity index is 438. The van der Waals surface area contributed by atoms with Crippen molar-refractivity contribution in [3.63, 3.8) is 0 Å². The van der Waals surface area contributed by atoms with Crippen LogP contribution in [0, 0.1) is 11.8 Å². The van der Waals surface area contributed by atoms with Gasteiger partial charge in [0.15, 0.2) is 0 Å². The van der Waals surface area contributed by atoms with E-state index in [1.807, 2.05) is 18.2 Å². The van der Waals surface area contributed by atoms with Crippen molar-refractivity contribution in [2.75, 3.05) is 7.11 Å². The molecule has 2 aliphatic rings. The monoisotopic (exact) mass is 204 g/mol. The van der Waals surface area contributed by atoms with Crippen LogP contribution in [0.1, 0.15) is 17.0 Å². The van der Waals surface area contributed by atoms with E-state index in [0.29, 0.717) is 5.92 Å². The number of benzene rings is 1. The van der Waals surface area contributed by atoms with Crippen molar-refractivity contribution in [2.45, 2.75) is 12.3 Å². The molecule has 1 N–H and O–H groups in total. The number of carbonyl (C=O) groups is 1. The number of aliphatic carboxylic acids is 1. The van der Waals surface area contributed by atoms with E-state index in [0.717, 1.165) is 12.2 Å². The minimum Gasteiger partial charge on any atom is -0.497 e. The van der Waals surface area contributed by atoms with Gasteiger partial charge in [-0.1, -0.05) is 6.07 Å². The van der Waals surface area contributed by atoms with Crippen LogP contribution in [0.25, 0.3) is 0 Å². The molecule has 0 heterocycles. The number of fused-ring (bicyclic) bond motifs is 3. The maximum Gasteiger partial charge on any atom is 0.307 e. The van der Waals surface area contributed by atoms with Gasteiger partial charge in [0, 0.05) is 5.92 Å². The number of hydrogen-bond donors (Lipinski definition) is 1. The third kappa shape index (κ3) is 1.09. The predicted molar refractivity (Wildman–Crippen MR) is 54.1 cm³/mol. The molecule has 0 radical (unpaired) electrons. The molecule has 2 aliphatic carbocycles. The average molecular weight is 204 g/mol. The fourth-order valence-electron chi connectivity index (χ4n) is 2.85. The van der Waals surface area contributed by atoms with Crippen molar-refractivity contribution in [3.8, 4) is 5.75 Å². The largest absolute Gasteiger partial charge is 0.497 e. The Morgan fingerprint density at radius 2 is 2.33 bits per heavy atom. The minimum atomic E-state index is -0.647. The van der Waals surface area contributed by atoms with E-state index in [1.54, 1.807) is 7.11 Å². The van der Waals surface area contributed by atoms with Crippen LogP contribution >= 0.6 is 0 Å². The molecule has 0 bridgehead atoms. The van der Waals surface area contributed by atoms with Gasteiger partial charge in [-0.3, -0.25) is 4.79 Å². The van der Waals surface area contributed by atoms with Crippen LogP contribution in [0.15, 0.2) is 18.2 Å². The van der Waals surface area contributed by atoms with Crippen LogP contribution in [0.3, 0.4) is 0 Å². The maximum absolute atomic E-state index is 10.9. The molecule has 1 aromatic rings. The number of carboxylic acid groups (broad SMARTS) is 1. The summed E-state index contributed by atoms with van der Waals surface area (Å²) in [6, 6.07) is 5.96. The van der Waals surface area contributed by atoms with Crippen LogP contribution in [0.2, 0.25) is 0 Å². The summed E-state index contributed by atoms with van der Waals surface area (Å²) in [6.45, 7) is 0. The molecule has 3 rings (SSSR count). The topological polar surface area (TPSA) is 46.5 Å². The molecule has 3 nitrogen and oxygen atoms in total. The average Bonchev–Trinajstić information content (AvgIpc) is 2.82. The highest BCUT2D eigenvalue weighted by molar-refractivity contribution is 5.77. The molecule has 1 fully saturated rings. The number of ether oxygens (including phenoxy) is 1. The van der Waals surface area contributed by atoms with Gasteiger partial charge < -0.3 is 9.84 Å². The first kappa shape index (κ1) is 8.77. The number of carboxylic acids is 1. The van der Waals surface area contributed by atoms with Gasteiger partial charge in [0.25, 0.3) is 0 Å². The molecule has 78 valence electrons. The smallest absolute Gasteiger partial charge is 0.307 e. The van der Waals surface area contributed by atoms with Gasteiger partial charge in [-0.05, 0) is 35.6 Å². The lowest BCUT2D eigenvalue weighted by atomic mass is 10.0. The lowest BCUT2D eigenvalue weighted by Gasteiger charge is -2.07. The lowest BCUT2D eigenvalue weighted by molar-refractivity contribution is -0.139. The van der Waals surface area contributed by atoms with Crippen molar-refractivity contribution >= 4 is 5.97 Å². The van der Waals surface area contributed by atoms with E-state index in [1.165, 1.54) is 11.1 Å². The Morgan fingerprint density at radius 3 is 3.00 bits per heavy atom. The van der Waals surface area contributed by atoms with E-state index in [4.69, 9.17) is 9.84 Å². The van der Waals surface area contributed by atoms with Gasteiger partial charge in [-0.15, -0.1) is 0 Å². The molecule has 3 atom stereocenters. The second-order valence-corrected chi connectivity index (χ2v) is 4.32. The number of rotatable bonds is 2. The third-order valence-electron chi connectivity index (χ3n) is 3.62. The molecule has 15 heavy (non-hydrogen) atoms. The Morgan fingerprint density at radius 1 is 1.53 bits per heavy atom. The van der Waals surface area contributed by atoms with E-state index in [-0.39, 0.29) is 11.8 Å². The Labute approximate surface area is 87.7 Å². The molecule has 0 amide bonds. The Kier molecular flexibility index (Phi) is 1.61. The van der Waals surface area contributed by atoms with E-state index >= 15 is 0 Å². The molecular formula is C12H12O3. The summed E-state index contributed by atoms with van der Waals surface area (Å²) in [4.78, 5) is 10.9. The highest BCUT2D eigenvalue weighted by atomic mass is 16.5. The Hall–Kier alpha value is -1.51. The second kappa shape index (κ2) is 2.75. The van der Waals surface area contributed by atoms with Crippen LogP contribution in [0.4, 0.5) is 0 Å². The normalized spacial score (nSPS) is 30.6. The summed E-state index contributed by atoms with van der Waals surface area (Å²) in [6.07, 6.45) is 0.897. The fraction of sp³-hybridized carbons (Fsp3) is 0.417. The van der Waals surface area contributed by atoms with Crippen LogP contribution in [-0.2, 0) is 11.2 Å². The van der Waals surface area contributed by atoms with Crippen molar-refractivity contribution in [1.82, 2.24) is 0 Å². The van der Waals surface area contributed by atoms with Gasteiger partial charge in [0.2, 0.25) is 0 Å². The minimum absolute atomic E-state index is 0.133. The van der Waals surface area contributed by atoms with Crippen molar-refractivity contribution in [2.24, 2.45) is 11.8 Å². The van der Waals surface area contributed by atoms with E-state index in [9.17, 15) is 4.79 Å². The fourth-order valence-corrected chi connectivity index (χ4v) is 2.85. The summed E-state index contributed by atoms with van der Waals surface area (Å²) in [5, 5.41) is 8.96. The SMILES string of the molecule is COc1ccc2c(c1)CC1C(C(=O)O)C21. The first-order chi connectivity index (χ1) is 7.22. The quantitative estimate of drug-likeness (QED) is 0.797. The molecule has 3 unspecified atom stereocenters. The highest BCUT2D eigenvalue weighted by Crippen LogP contribution is 2.61. The van der Waals surface area contributed by atoms with Crippen LogP contribution in [0.5, 0.6) is 5.75 Å². The van der Waals surface area contributed by atoms with Crippen molar-refractivity contribution in [1.29, 1.82) is 0 Å². The number of hydrogen-bond acceptors (Lipinski definition) is 2. The first-order valence-electron chi connectivity index (χ1n) is 5.12. The van der Waals surface area contributed by atoms with Crippen molar-refractivity contribution in [3.05, 3.63) is 29.3 Å². The summed E-state index contributed by atoms with van der Waals surface area (Å²) in [5.74, 6) is 0.687. The van der Waals surface area contributed by atoms with Gasteiger partial charge in [0.1, 0.15) is 5.75 Å². The molecule has 0 spiro atoms. The molecule has 1 saturated carbocycles. The summed E-state index contributed by atoms with van der Waals surface area (Å²) < 4.78 is 5.15. The van der Waals surface area contributed by atoms with Gasteiger partial charge in [-0.2, -0.15) is 0 Å². The maximum atomic E-state index is 10.9. The van der Waals surface area contributed by atoms with Gasteiger partial charge in [0.05, 0.1) is 13.0 Å². The molecule has 0 aliphatic heterocycles. The van der Waals surface area contributed by atoms with Crippen molar-refractivity contribution < 1.29 is 14.6 Å². The zero-order chi connectivity index (χ0) is 10.6. The lowest BCUT2D eigenvalue weighted by Crippen LogP contribution is -2.05. The van der Waals surface area contributed by atoms with Gasteiger partial charge in [-0.25, -0.2) is 0 Å². The van der Waals surface area contributed by atoms with Crippen LogP contribution < -0.4 is 4.74 Å². The standard InChI is InChI=1S/C12H12O3/c1-15-7-2-3-8-6(4-7)5-9-10(8)11(9)12(13)14/h2-4,9-11H,5H2,1H3,(H,13,14). The zero-order valence-corrected chi connectivity index (χ0v) is 8.43. The second-order valence-electron chi connectivity index (χ2n) is 4.32. The summed E-state index contributed by atoms with van der Waals surface area (Å²) in [5.41, 5.74) is 2.48. The van der Waals surface area contributed by atoms with Crippen LogP contribution in [-0.4, -0.2) is 18.2 Å². The summed E-state index contributed by atoms with van der Waals surface area (Å²) in [7, 11) is 1.65. The number of methoxy groups -OCH3 is 1.